The van der Waals surface area contributed by atoms with E-state index in [4.69, 9.17) is 28.3 Å². The van der Waals surface area contributed by atoms with E-state index in [2.05, 4.69) is 5.10 Å². The number of benzene rings is 1. The highest BCUT2D eigenvalue weighted by Crippen LogP contribution is 2.24. The fraction of sp³-hybridized carbons (Fsp3) is 0.267. The number of halogens is 2. The summed E-state index contributed by atoms with van der Waals surface area (Å²) in [6, 6.07) is 6.57. The maximum absolute atomic E-state index is 12.3. The van der Waals surface area contributed by atoms with Crippen LogP contribution in [-0.2, 0) is 4.79 Å². The van der Waals surface area contributed by atoms with Crippen molar-refractivity contribution in [3.63, 3.8) is 0 Å². The van der Waals surface area contributed by atoms with Gasteiger partial charge in [0.15, 0.2) is 5.69 Å². The van der Waals surface area contributed by atoms with Gasteiger partial charge in [0.2, 0.25) is 0 Å². The molecule has 1 aromatic heterocycles. The SMILES string of the molecule is CC(CN(C)C(=O)c1ccn(-c2ccc(Cl)c(Cl)c2)n1)C(=O)O. The molecule has 0 bridgehead atoms. The zero-order valence-corrected chi connectivity index (χ0v) is 14.0. The van der Waals surface area contributed by atoms with Crippen molar-refractivity contribution in [1.82, 2.24) is 14.7 Å². The molecular formula is C15H15Cl2N3O3. The van der Waals surface area contributed by atoms with Crippen LogP contribution in [0.25, 0.3) is 5.69 Å². The average molecular weight is 356 g/mol. The van der Waals surface area contributed by atoms with Gasteiger partial charge < -0.3 is 10.0 Å². The van der Waals surface area contributed by atoms with E-state index in [1.54, 1.807) is 44.4 Å². The molecule has 1 N–H and O–H groups in total. The van der Waals surface area contributed by atoms with Crippen molar-refractivity contribution in [2.75, 3.05) is 13.6 Å². The Kier molecular flexibility index (Phi) is 5.28. The van der Waals surface area contributed by atoms with Crippen LogP contribution in [0.3, 0.4) is 0 Å². The molecule has 0 aliphatic heterocycles. The molecule has 1 aromatic carbocycles. The molecule has 1 amide bonds. The van der Waals surface area contributed by atoms with Crippen molar-refractivity contribution in [3.8, 4) is 5.69 Å². The highest BCUT2D eigenvalue weighted by molar-refractivity contribution is 6.42. The highest BCUT2D eigenvalue weighted by atomic mass is 35.5. The Hall–Kier alpha value is -2.05. The number of carbonyl (C=O) groups excluding carboxylic acids is 1. The standard InChI is InChI=1S/C15H15Cl2N3O3/c1-9(15(22)23)8-19(2)14(21)13-5-6-20(18-13)10-3-4-11(16)12(17)7-10/h3-7,9H,8H2,1-2H3,(H,22,23). The summed E-state index contributed by atoms with van der Waals surface area (Å²) in [5.74, 6) is -1.95. The minimum atomic E-state index is -0.953. The highest BCUT2D eigenvalue weighted by Gasteiger charge is 2.20. The molecule has 0 fully saturated rings. The lowest BCUT2D eigenvalue weighted by molar-refractivity contribution is -0.141. The molecule has 0 radical (unpaired) electrons. The van der Waals surface area contributed by atoms with Crippen LogP contribution in [0.5, 0.6) is 0 Å². The molecule has 1 atom stereocenters. The quantitative estimate of drug-likeness (QED) is 0.894. The number of rotatable bonds is 5. The zero-order chi connectivity index (χ0) is 17.1. The Morgan fingerprint density at radius 1 is 1.30 bits per heavy atom. The van der Waals surface area contributed by atoms with Crippen LogP contribution < -0.4 is 0 Å². The van der Waals surface area contributed by atoms with E-state index in [1.807, 2.05) is 0 Å². The summed E-state index contributed by atoms with van der Waals surface area (Å²) in [5.41, 5.74) is 0.885. The van der Waals surface area contributed by atoms with E-state index in [0.29, 0.717) is 15.7 Å². The number of carboxylic acids is 1. The third kappa shape index (κ3) is 4.03. The van der Waals surface area contributed by atoms with Crippen molar-refractivity contribution in [1.29, 1.82) is 0 Å². The molecule has 8 heteroatoms. The molecular weight excluding hydrogens is 341 g/mol. The lowest BCUT2D eigenvalue weighted by Gasteiger charge is -2.18. The van der Waals surface area contributed by atoms with Crippen LogP contribution in [0.15, 0.2) is 30.5 Å². The molecule has 1 heterocycles. The zero-order valence-electron chi connectivity index (χ0n) is 12.5. The van der Waals surface area contributed by atoms with Gasteiger partial charge in [-0.05, 0) is 24.3 Å². The first kappa shape index (κ1) is 17.3. The molecule has 122 valence electrons. The predicted molar refractivity (Wildman–Crippen MR) is 87.3 cm³/mol. The number of aliphatic carboxylic acids is 1. The van der Waals surface area contributed by atoms with Crippen molar-refractivity contribution in [3.05, 3.63) is 46.2 Å². The number of carbonyl (C=O) groups is 2. The minimum absolute atomic E-state index is 0.105. The average Bonchev–Trinajstić information content (AvgIpc) is 2.98. The van der Waals surface area contributed by atoms with E-state index in [0.717, 1.165) is 0 Å². The number of carboxylic acid groups (broad SMARTS) is 1. The summed E-state index contributed by atoms with van der Waals surface area (Å²) >= 11 is 11.8. The molecule has 2 aromatic rings. The summed E-state index contributed by atoms with van der Waals surface area (Å²) in [6.45, 7) is 1.65. The predicted octanol–water partition coefficient (Wildman–Crippen LogP) is 2.97. The largest absolute Gasteiger partial charge is 0.481 e. The lowest BCUT2D eigenvalue weighted by atomic mass is 10.2. The molecule has 0 spiro atoms. The second-order valence-electron chi connectivity index (χ2n) is 5.17. The van der Waals surface area contributed by atoms with Crippen LogP contribution in [0.1, 0.15) is 17.4 Å². The van der Waals surface area contributed by atoms with Crippen LogP contribution in [0.2, 0.25) is 10.0 Å². The van der Waals surface area contributed by atoms with E-state index in [-0.39, 0.29) is 18.1 Å². The summed E-state index contributed by atoms with van der Waals surface area (Å²) in [6.07, 6.45) is 1.63. The maximum Gasteiger partial charge on any atom is 0.308 e. The Morgan fingerprint density at radius 3 is 2.61 bits per heavy atom. The molecule has 1 unspecified atom stereocenters. The first-order valence-corrected chi connectivity index (χ1v) is 7.54. The number of aromatic nitrogens is 2. The van der Waals surface area contributed by atoms with Gasteiger partial charge in [0.1, 0.15) is 0 Å². The number of amides is 1. The van der Waals surface area contributed by atoms with Gasteiger partial charge in [0.05, 0.1) is 21.7 Å². The summed E-state index contributed by atoms with van der Waals surface area (Å²) in [7, 11) is 1.54. The third-order valence-corrected chi connectivity index (χ3v) is 4.03. The summed E-state index contributed by atoms with van der Waals surface area (Å²) in [5, 5.41) is 13.9. The van der Waals surface area contributed by atoms with Gasteiger partial charge in [-0.15, -0.1) is 0 Å². The smallest absolute Gasteiger partial charge is 0.308 e. The Labute approximate surface area is 143 Å². The fourth-order valence-electron chi connectivity index (χ4n) is 1.98. The molecule has 0 aliphatic rings. The van der Waals surface area contributed by atoms with Gasteiger partial charge in [-0.3, -0.25) is 9.59 Å². The van der Waals surface area contributed by atoms with E-state index < -0.39 is 11.9 Å². The first-order valence-electron chi connectivity index (χ1n) is 6.79. The van der Waals surface area contributed by atoms with Crippen molar-refractivity contribution < 1.29 is 14.7 Å². The molecule has 6 nitrogen and oxygen atoms in total. The molecule has 0 saturated heterocycles. The number of nitrogens with zero attached hydrogens (tertiary/aromatic N) is 3. The van der Waals surface area contributed by atoms with Gasteiger partial charge in [-0.25, -0.2) is 4.68 Å². The fourth-order valence-corrected chi connectivity index (χ4v) is 2.27. The van der Waals surface area contributed by atoms with Crippen LogP contribution in [0.4, 0.5) is 0 Å². The monoisotopic (exact) mass is 355 g/mol. The molecule has 23 heavy (non-hydrogen) atoms. The third-order valence-electron chi connectivity index (χ3n) is 3.29. The van der Waals surface area contributed by atoms with Gasteiger partial charge in [-0.1, -0.05) is 30.1 Å². The van der Waals surface area contributed by atoms with E-state index in [1.165, 1.54) is 9.58 Å². The summed E-state index contributed by atoms with van der Waals surface area (Å²) in [4.78, 5) is 24.5. The maximum atomic E-state index is 12.3. The van der Waals surface area contributed by atoms with E-state index >= 15 is 0 Å². The van der Waals surface area contributed by atoms with Crippen LogP contribution in [-0.4, -0.2) is 45.3 Å². The molecule has 0 saturated carbocycles. The first-order chi connectivity index (χ1) is 10.8. The van der Waals surface area contributed by atoms with Gasteiger partial charge in [0, 0.05) is 19.8 Å². The second-order valence-corrected chi connectivity index (χ2v) is 5.98. The van der Waals surface area contributed by atoms with Crippen LogP contribution >= 0.6 is 23.2 Å². The van der Waals surface area contributed by atoms with Gasteiger partial charge >= 0.3 is 5.97 Å². The topological polar surface area (TPSA) is 75.4 Å². The van der Waals surface area contributed by atoms with Crippen molar-refractivity contribution >= 4 is 35.1 Å². The number of hydrogen-bond donors (Lipinski definition) is 1. The Bertz CT molecular complexity index is 745. The number of hydrogen-bond acceptors (Lipinski definition) is 3. The molecule has 2 rings (SSSR count). The Morgan fingerprint density at radius 2 is 2.00 bits per heavy atom. The van der Waals surface area contributed by atoms with Crippen molar-refractivity contribution in [2.45, 2.75) is 6.92 Å². The summed E-state index contributed by atoms with van der Waals surface area (Å²) < 4.78 is 1.50. The normalized spacial score (nSPS) is 12.0. The minimum Gasteiger partial charge on any atom is -0.481 e. The van der Waals surface area contributed by atoms with E-state index in [9.17, 15) is 9.59 Å². The lowest BCUT2D eigenvalue weighted by Crippen LogP contribution is -2.34. The van der Waals surface area contributed by atoms with Crippen molar-refractivity contribution in [2.24, 2.45) is 5.92 Å². The molecule has 0 aliphatic carbocycles. The van der Waals surface area contributed by atoms with Gasteiger partial charge in [0.25, 0.3) is 5.91 Å². The Balaban J connectivity index is 2.16. The van der Waals surface area contributed by atoms with Gasteiger partial charge in [-0.2, -0.15) is 5.10 Å². The van der Waals surface area contributed by atoms with Crippen LogP contribution in [0, 0.1) is 5.92 Å². The second kappa shape index (κ2) is 7.02.